The minimum Gasteiger partial charge on any atom is -0.384 e. The van der Waals surface area contributed by atoms with Gasteiger partial charge in [0.15, 0.2) is 5.16 Å². The van der Waals surface area contributed by atoms with Crippen LogP contribution in [0.4, 0.5) is 5.69 Å². The average molecular weight is 518 g/mol. The molecule has 37 heavy (non-hydrogen) atoms. The summed E-state index contributed by atoms with van der Waals surface area (Å²) < 4.78 is 1.75. The maximum atomic E-state index is 13.7. The Hall–Kier alpha value is -3.10. The summed E-state index contributed by atoms with van der Waals surface area (Å²) in [6.45, 7) is 5.19. The second-order valence-corrected chi connectivity index (χ2v) is 11.1. The Kier molecular flexibility index (Phi) is 8.26. The van der Waals surface area contributed by atoms with Gasteiger partial charge < -0.3 is 15.5 Å². The topological polar surface area (TPSA) is 79.3 Å². The summed E-state index contributed by atoms with van der Waals surface area (Å²) in [6, 6.07) is 18.1. The molecule has 8 heteroatoms. The van der Waals surface area contributed by atoms with Crippen molar-refractivity contribution >= 4 is 23.4 Å². The van der Waals surface area contributed by atoms with Gasteiger partial charge in [-0.05, 0) is 44.0 Å². The molecule has 0 atom stereocenters. The standard InChI is InChI=1S/C29H35N5O2S/c1-21-10-12-22(13-11-21)31-18-17-30-16-14-27(35)33-19-15-26-25(20-33)28(36)34(23-6-3-2-4-7-23)29(32-26)37-24-8-5-9-24/h2-4,6-7,10-13,24,30-31H,5,8-9,14-20H2,1H3. The number of carbonyl (C=O) groups excluding carboxylic acids is 1. The summed E-state index contributed by atoms with van der Waals surface area (Å²) in [6.07, 6.45) is 4.62. The third-order valence-corrected chi connectivity index (χ3v) is 8.38. The number of rotatable bonds is 10. The summed E-state index contributed by atoms with van der Waals surface area (Å²) in [5, 5.41) is 8.03. The Morgan fingerprint density at radius 2 is 1.84 bits per heavy atom. The zero-order valence-electron chi connectivity index (χ0n) is 21.4. The largest absolute Gasteiger partial charge is 0.384 e. The first-order valence-corrected chi connectivity index (χ1v) is 14.1. The van der Waals surface area contributed by atoms with Gasteiger partial charge in [-0.2, -0.15) is 0 Å². The molecule has 0 bridgehead atoms. The summed E-state index contributed by atoms with van der Waals surface area (Å²) in [5.41, 5.74) is 4.62. The van der Waals surface area contributed by atoms with Gasteiger partial charge in [0, 0.05) is 50.0 Å². The fourth-order valence-corrected chi connectivity index (χ4v) is 5.96. The van der Waals surface area contributed by atoms with Crippen LogP contribution in [0.25, 0.3) is 5.69 Å². The minimum absolute atomic E-state index is 0.0455. The monoisotopic (exact) mass is 517 g/mol. The van der Waals surface area contributed by atoms with Gasteiger partial charge in [-0.1, -0.05) is 54.1 Å². The first kappa shape index (κ1) is 25.5. The normalized spacial score (nSPS) is 15.2. The smallest absolute Gasteiger partial charge is 0.264 e. The molecule has 1 aliphatic carbocycles. The van der Waals surface area contributed by atoms with Crippen molar-refractivity contribution in [2.45, 2.75) is 56.0 Å². The Balaban J connectivity index is 1.19. The number of nitrogens with one attached hydrogen (secondary N) is 2. The highest BCUT2D eigenvalue weighted by molar-refractivity contribution is 7.99. The number of para-hydroxylation sites is 1. The molecule has 2 aromatic carbocycles. The van der Waals surface area contributed by atoms with Gasteiger partial charge >= 0.3 is 0 Å². The van der Waals surface area contributed by atoms with E-state index in [1.807, 2.05) is 35.2 Å². The zero-order chi connectivity index (χ0) is 25.6. The van der Waals surface area contributed by atoms with Crippen molar-refractivity contribution in [1.29, 1.82) is 0 Å². The highest BCUT2D eigenvalue weighted by atomic mass is 32.2. The number of thioether (sulfide) groups is 1. The van der Waals surface area contributed by atoms with Crippen LogP contribution >= 0.6 is 11.8 Å². The molecule has 2 N–H and O–H groups in total. The van der Waals surface area contributed by atoms with Crippen LogP contribution in [0.3, 0.4) is 0 Å². The zero-order valence-corrected chi connectivity index (χ0v) is 22.2. The van der Waals surface area contributed by atoms with Crippen LogP contribution in [0, 0.1) is 6.92 Å². The quantitative estimate of drug-likeness (QED) is 0.311. The minimum atomic E-state index is -0.0455. The summed E-state index contributed by atoms with van der Waals surface area (Å²) >= 11 is 1.72. The number of hydrogen-bond donors (Lipinski definition) is 2. The molecule has 1 amide bonds. The molecular weight excluding hydrogens is 482 g/mol. The van der Waals surface area contributed by atoms with E-state index in [9.17, 15) is 9.59 Å². The SMILES string of the molecule is Cc1ccc(NCCNCCC(=O)N2CCc3nc(SC4CCC4)n(-c4ccccc4)c(=O)c3C2)cc1. The summed E-state index contributed by atoms with van der Waals surface area (Å²) in [5.74, 6) is 0.0724. The van der Waals surface area contributed by atoms with E-state index in [1.54, 1.807) is 16.3 Å². The van der Waals surface area contributed by atoms with Crippen molar-refractivity contribution in [3.63, 3.8) is 0 Å². The van der Waals surface area contributed by atoms with Gasteiger partial charge in [0.2, 0.25) is 5.91 Å². The van der Waals surface area contributed by atoms with Crippen molar-refractivity contribution in [2.75, 3.05) is 31.5 Å². The predicted octanol–water partition coefficient (Wildman–Crippen LogP) is 4.16. The third kappa shape index (κ3) is 6.25. The van der Waals surface area contributed by atoms with Crippen molar-refractivity contribution in [3.8, 4) is 5.69 Å². The van der Waals surface area contributed by atoms with Gasteiger partial charge in [-0.15, -0.1) is 0 Å². The number of anilines is 1. The molecule has 0 spiro atoms. The molecule has 1 fully saturated rings. The van der Waals surface area contributed by atoms with Gasteiger partial charge in [0.05, 0.1) is 23.5 Å². The Labute approximate surface area is 222 Å². The Morgan fingerprint density at radius 3 is 2.57 bits per heavy atom. The van der Waals surface area contributed by atoms with E-state index in [-0.39, 0.29) is 11.5 Å². The van der Waals surface area contributed by atoms with Crippen LogP contribution in [0.2, 0.25) is 0 Å². The second kappa shape index (κ2) is 12.0. The predicted molar refractivity (Wildman–Crippen MR) is 150 cm³/mol. The van der Waals surface area contributed by atoms with Crippen LogP contribution in [0.15, 0.2) is 64.5 Å². The number of nitrogens with zero attached hydrogens (tertiary/aromatic N) is 3. The van der Waals surface area contributed by atoms with Crippen LogP contribution in [-0.4, -0.2) is 51.8 Å². The highest BCUT2D eigenvalue weighted by Crippen LogP contribution is 2.36. The molecule has 5 rings (SSSR count). The molecule has 2 heterocycles. The molecule has 3 aromatic rings. The lowest BCUT2D eigenvalue weighted by molar-refractivity contribution is -0.132. The molecule has 0 saturated heterocycles. The number of fused-ring (bicyclic) bond motifs is 1. The lowest BCUT2D eigenvalue weighted by Crippen LogP contribution is -2.42. The van der Waals surface area contributed by atoms with E-state index in [0.717, 1.165) is 35.3 Å². The van der Waals surface area contributed by atoms with Crippen molar-refractivity contribution in [1.82, 2.24) is 19.8 Å². The van der Waals surface area contributed by atoms with Gasteiger partial charge in [0.25, 0.3) is 5.56 Å². The summed E-state index contributed by atoms with van der Waals surface area (Å²) in [7, 11) is 0. The number of hydrogen-bond acceptors (Lipinski definition) is 6. The molecule has 0 unspecified atom stereocenters. The highest BCUT2D eigenvalue weighted by Gasteiger charge is 2.28. The maximum Gasteiger partial charge on any atom is 0.264 e. The number of benzene rings is 2. The lowest BCUT2D eigenvalue weighted by Gasteiger charge is -2.30. The molecule has 0 radical (unpaired) electrons. The lowest BCUT2D eigenvalue weighted by atomic mass is 10.0. The molecule has 1 saturated carbocycles. The first-order chi connectivity index (χ1) is 18.1. The van der Waals surface area contributed by atoms with Gasteiger partial charge in [0.1, 0.15) is 0 Å². The van der Waals surface area contributed by atoms with E-state index in [4.69, 9.17) is 4.98 Å². The fourth-order valence-electron chi connectivity index (χ4n) is 4.63. The molecular formula is C29H35N5O2S. The third-order valence-electron chi connectivity index (χ3n) is 7.09. The molecule has 7 nitrogen and oxygen atoms in total. The van der Waals surface area contributed by atoms with E-state index in [2.05, 4.69) is 41.8 Å². The number of amides is 1. The molecule has 1 aromatic heterocycles. The maximum absolute atomic E-state index is 13.7. The van der Waals surface area contributed by atoms with Crippen LogP contribution in [0.5, 0.6) is 0 Å². The number of aromatic nitrogens is 2. The van der Waals surface area contributed by atoms with E-state index in [0.29, 0.717) is 43.3 Å². The van der Waals surface area contributed by atoms with Gasteiger partial charge in [-0.25, -0.2) is 4.98 Å². The van der Waals surface area contributed by atoms with Crippen LogP contribution < -0.4 is 16.2 Å². The fraction of sp³-hybridized carbons (Fsp3) is 0.414. The van der Waals surface area contributed by atoms with E-state index >= 15 is 0 Å². The Bertz CT molecular complexity index is 1270. The van der Waals surface area contributed by atoms with Gasteiger partial charge in [-0.3, -0.25) is 14.2 Å². The summed E-state index contributed by atoms with van der Waals surface area (Å²) in [4.78, 5) is 33.4. The van der Waals surface area contributed by atoms with Crippen LogP contribution in [0.1, 0.15) is 42.5 Å². The van der Waals surface area contributed by atoms with Crippen molar-refractivity contribution < 1.29 is 4.79 Å². The Morgan fingerprint density at radius 1 is 1.05 bits per heavy atom. The second-order valence-electron chi connectivity index (χ2n) is 9.82. The molecule has 1 aliphatic heterocycles. The molecule has 194 valence electrons. The van der Waals surface area contributed by atoms with Crippen molar-refractivity contribution in [2.24, 2.45) is 0 Å². The van der Waals surface area contributed by atoms with Crippen molar-refractivity contribution in [3.05, 3.63) is 81.8 Å². The number of aryl methyl sites for hydroxylation is 1. The van der Waals surface area contributed by atoms with Crippen LogP contribution in [-0.2, 0) is 17.8 Å². The first-order valence-electron chi connectivity index (χ1n) is 13.2. The molecule has 2 aliphatic rings. The average Bonchev–Trinajstić information content (AvgIpc) is 2.89. The van der Waals surface area contributed by atoms with E-state index < -0.39 is 0 Å². The van der Waals surface area contributed by atoms with E-state index in [1.165, 1.54) is 24.8 Å². The number of carbonyl (C=O) groups is 1.